The van der Waals surface area contributed by atoms with E-state index in [0.717, 1.165) is 29.0 Å². The van der Waals surface area contributed by atoms with E-state index < -0.39 is 10.8 Å². The summed E-state index contributed by atoms with van der Waals surface area (Å²) in [5.41, 5.74) is 3.41. The van der Waals surface area contributed by atoms with Crippen molar-refractivity contribution in [3.63, 3.8) is 0 Å². The van der Waals surface area contributed by atoms with Crippen LogP contribution in [0.1, 0.15) is 23.6 Å². The number of hydrogen-bond acceptors (Lipinski definition) is 4. The highest BCUT2D eigenvalue weighted by atomic mass is 32.2. The highest BCUT2D eigenvalue weighted by Gasteiger charge is 2.39. The molecule has 1 N–H and O–H groups in total. The van der Waals surface area contributed by atoms with Crippen molar-refractivity contribution < 1.29 is 9.59 Å². The molecule has 0 aliphatic carbocycles. The maximum atomic E-state index is 13.3. The van der Waals surface area contributed by atoms with Gasteiger partial charge in [0.1, 0.15) is 6.04 Å². The van der Waals surface area contributed by atoms with Crippen LogP contribution in [0.4, 0.5) is 0 Å². The second-order valence-electron chi connectivity index (χ2n) is 7.98. The summed E-state index contributed by atoms with van der Waals surface area (Å²) in [4.78, 5) is 27.2. The molecule has 1 atom stereocenters. The smallest absolute Gasteiger partial charge is 0.246 e. The number of hydrogen-bond donors (Lipinski definition) is 1. The van der Waals surface area contributed by atoms with Crippen LogP contribution in [0.25, 0.3) is 0 Å². The van der Waals surface area contributed by atoms with Crippen LogP contribution < -0.4 is 5.32 Å². The fourth-order valence-corrected chi connectivity index (χ4v) is 6.71. The average molecular weight is 477 g/mol. The Hall–Kier alpha value is -2.70. The summed E-state index contributed by atoms with van der Waals surface area (Å²) in [6, 6.07) is 30.6. The molecule has 0 spiro atoms. The van der Waals surface area contributed by atoms with Crippen molar-refractivity contribution in [2.45, 2.75) is 17.7 Å². The van der Waals surface area contributed by atoms with Gasteiger partial charge in [-0.15, -0.1) is 23.5 Å². The molecule has 1 aliphatic heterocycles. The van der Waals surface area contributed by atoms with Crippen molar-refractivity contribution in [1.82, 2.24) is 10.2 Å². The molecule has 2 amide bonds. The second-order valence-corrected chi connectivity index (χ2v) is 10.3. The molecule has 0 unspecified atom stereocenters. The molecule has 0 aromatic heterocycles. The zero-order valence-electron chi connectivity index (χ0n) is 18.6. The van der Waals surface area contributed by atoms with Gasteiger partial charge < -0.3 is 10.2 Å². The van der Waals surface area contributed by atoms with Crippen LogP contribution >= 0.6 is 23.5 Å². The topological polar surface area (TPSA) is 49.4 Å². The van der Waals surface area contributed by atoms with Gasteiger partial charge in [-0.25, -0.2) is 0 Å². The summed E-state index contributed by atoms with van der Waals surface area (Å²) in [5, 5.41) is 2.92. The molecule has 0 radical (unpaired) electrons. The van der Waals surface area contributed by atoms with Gasteiger partial charge in [-0.2, -0.15) is 0 Å². The van der Waals surface area contributed by atoms with E-state index >= 15 is 0 Å². The molecule has 0 bridgehead atoms. The zero-order chi connectivity index (χ0) is 23.1. The predicted molar refractivity (Wildman–Crippen MR) is 138 cm³/mol. The molecule has 3 aromatic carbocycles. The third-order valence-corrected chi connectivity index (χ3v) is 8.35. The Morgan fingerprint density at radius 2 is 1.39 bits per heavy atom. The molecule has 170 valence electrons. The SMILES string of the molecule is CC(=O)N[C@@H](CSC(c1ccccc1)(c1ccccc1)c1ccccc1)C(=O)N1CCSC1. The van der Waals surface area contributed by atoms with E-state index in [9.17, 15) is 9.59 Å². The van der Waals surface area contributed by atoms with Gasteiger partial charge in [0, 0.05) is 25.0 Å². The lowest BCUT2D eigenvalue weighted by Gasteiger charge is -2.36. The average Bonchev–Trinajstić information content (AvgIpc) is 3.40. The lowest BCUT2D eigenvalue weighted by molar-refractivity contribution is -0.134. The number of benzene rings is 3. The third kappa shape index (κ3) is 5.28. The molecule has 1 aliphatic rings. The van der Waals surface area contributed by atoms with Crippen LogP contribution in [0.3, 0.4) is 0 Å². The Labute approximate surface area is 204 Å². The Balaban J connectivity index is 1.77. The molecule has 1 fully saturated rings. The summed E-state index contributed by atoms with van der Waals surface area (Å²) in [7, 11) is 0. The van der Waals surface area contributed by atoms with Crippen molar-refractivity contribution in [2.24, 2.45) is 0 Å². The van der Waals surface area contributed by atoms with Crippen molar-refractivity contribution in [3.8, 4) is 0 Å². The number of thioether (sulfide) groups is 2. The standard InChI is InChI=1S/C27H28N2O2S2/c1-21(30)28-25(26(31)29-17-18-32-20-29)19-33-27(22-11-5-2-6-12-22,23-13-7-3-8-14-23)24-15-9-4-10-16-24/h2-16,25H,17-20H2,1H3,(H,28,30)/t25-/m0/s1. The molecule has 4 nitrogen and oxygen atoms in total. The molecule has 33 heavy (non-hydrogen) atoms. The first-order valence-corrected chi connectivity index (χ1v) is 13.2. The minimum absolute atomic E-state index is 0.00853. The maximum absolute atomic E-state index is 13.3. The van der Waals surface area contributed by atoms with Gasteiger partial charge in [0.25, 0.3) is 0 Å². The van der Waals surface area contributed by atoms with Crippen LogP contribution in [-0.2, 0) is 14.3 Å². The number of nitrogens with zero attached hydrogens (tertiary/aromatic N) is 1. The highest BCUT2D eigenvalue weighted by molar-refractivity contribution is 8.00. The van der Waals surface area contributed by atoms with Gasteiger partial charge in [0.05, 0.1) is 10.6 Å². The number of amides is 2. The number of nitrogens with one attached hydrogen (secondary N) is 1. The Bertz CT molecular complexity index is 959. The predicted octanol–water partition coefficient (Wildman–Crippen LogP) is 4.75. The molecule has 3 aromatic rings. The van der Waals surface area contributed by atoms with Crippen LogP contribution in [0, 0.1) is 0 Å². The minimum atomic E-state index is -0.582. The Kier molecular flexibility index (Phi) is 7.78. The zero-order valence-corrected chi connectivity index (χ0v) is 20.3. The van der Waals surface area contributed by atoms with Gasteiger partial charge in [0.2, 0.25) is 11.8 Å². The normalized spacial score (nSPS) is 14.6. The lowest BCUT2D eigenvalue weighted by Crippen LogP contribution is -2.49. The van der Waals surface area contributed by atoms with E-state index in [2.05, 4.69) is 78.1 Å². The highest BCUT2D eigenvalue weighted by Crippen LogP contribution is 2.48. The Morgan fingerprint density at radius 3 is 1.79 bits per heavy atom. The van der Waals surface area contributed by atoms with Crippen LogP contribution in [0.5, 0.6) is 0 Å². The molecular formula is C27H28N2O2S2. The quantitative estimate of drug-likeness (QED) is 0.477. The van der Waals surface area contributed by atoms with Crippen LogP contribution in [0.2, 0.25) is 0 Å². The van der Waals surface area contributed by atoms with E-state index in [1.54, 1.807) is 23.5 Å². The van der Waals surface area contributed by atoms with E-state index in [4.69, 9.17) is 0 Å². The maximum Gasteiger partial charge on any atom is 0.246 e. The minimum Gasteiger partial charge on any atom is -0.344 e. The van der Waals surface area contributed by atoms with Crippen LogP contribution in [-0.4, -0.2) is 46.7 Å². The molecule has 4 rings (SSSR count). The van der Waals surface area contributed by atoms with E-state index in [0.29, 0.717) is 11.6 Å². The monoisotopic (exact) mass is 476 g/mol. The molecule has 0 saturated carbocycles. The Morgan fingerprint density at radius 1 is 0.909 bits per heavy atom. The molecule has 1 heterocycles. The third-order valence-electron chi connectivity index (χ3n) is 5.75. The van der Waals surface area contributed by atoms with Crippen molar-refractivity contribution in [3.05, 3.63) is 108 Å². The van der Waals surface area contributed by atoms with E-state index in [1.165, 1.54) is 6.92 Å². The summed E-state index contributed by atoms with van der Waals surface area (Å²) >= 11 is 3.44. The molecule has 6 heteroatoms. The number of rotatable bonds is 8. The van der Waals surface area contributed by atoms with E-state index in [1.807, 2.05) is 23.1 Å². The largest absolute Gasteiger partial charge is 0.344 e. The second kappa shape index (κ2) is 10.9. The number of carbonyl (C=O) groups is 2. The van der Waals surface area contributed by atoms with Gasteiger partial charge in [-0.3, -0.25) is 9.59 Å². The summed E-state index contributed by atoms with van der Waals surface area (Å²) < 4.78 is -0.527. The fourth-order valence-electron chi connectivity index (χ4n) is 4.21. The first-order chi connectivity index (χ1) is 16.1. The summed E-state index contributed by atoms with van der Waals surface area (Å²) in [6.07, 6.45) is 0. The van der Waals surface area contributed by atoms with Gasteiger partial charge in [0.15, 0.2) is 0 Å². The van der Waals surface area contributed by atoms with Crippen LogP contribution in [0.15, 0.2) is 91.0 Å². The first-order valence-electron chi connectivity index (χ1n) is 11.1. The van der Waals surface area contributed by atoms with Gasteiger partial charge >= 0.3 is 0 Å². The molecule has 1 saturated heterocycles. The van der Waals surface area contributed by atoms with Gasteiger partial charge in [-0.05, 0) is 16.7 Å². The fraction of sp³-hybridized carbons (Fsp3) is 0.259. The van der Waals surface area contributed by atoms with Crippen molar-refractivity contribution in [2.75, 3.05) is 23.9 Å². The van der Waals surface area contributed by atoms with Crippen molar-refractivity contribution >= 4 is 35.3 Å². The van der Waals surface area contributed by atoms with Gasteiger partial charge in [-0.1, -0.05) is 91.0 Å². The lowest BCUT2D eigenvalue weighted by atomic mass is 9.84. The van der Waals surface area contributed by atoms with Crippen molar-refractivity contribution in [1.29, 1.82) is 0 Å². The molecular weight excluding hydrogens is 448 g/mol. The number of carbonyl (C=O) groups excluding carboxylic acids is 2. The summed E-state index contributed by atoms with van der Waals surface area (Å²) in [5.74, 6) is 1.88. The summed E-state index contributed by atoms with van der Waals surface area (Å²) in [6.45, 7) is 2.20. The van der Waals surface area contributed by atoms with E-state index in [-0.39, 0.29) is 11.8 Å². The first kappa shape index (κ1) is 23.5.